The molecule has 0 aliphatic rings. The van der Waals surface area contributed by atoms with Crippen LogP contribution in [0.15, 0.2) is 57.7 Å². The van der Waals surface area contributed by atoms with E-state index in [1.54, 1.807) is 26.8 Å². The minimum Gasteiger partial charge on any atom is -0.444 e. The molecule has 0 radical (unpaired) electrons. The second-order valence-corrected chi connectivity index (χ2v) is 9.24. The third-order valence-corrected chi connectivity index (χ3v) is 5.13. The van der Waals surface area contributed by atoms with Crippen molar-refractivity contribution in [2.24, 2.45) is 0 Å². The van der Waals surface area contributed by atoms with Crippen LogP contribution in [0.4, 0.5) is 4.79 Å². The molecule has 1 heterocycles. The first-order valence-corrected chi connectivity index (χ1v) is 11.5. The van der Waals surface area contributed by atoms with Gasteiger partial charge < -0.3 is 19.2 Å². The van der Waals surface area contributed by atoms with Crippen molar-refractivity contribution in [1.29, 1.82) is 0 Å². The fourth-order valence-corrected chi connectivity index (χ4v) is 3.55. The van der Waals surface area contributed by atoms with Gasteiger partial charge in [0, 0.05) is 30.5 Å². The Morgan fingerprint density at radius 2 is 1.76 bits per heavy atom. The number of hydrogen-bond acceptors (Lipinski definition) is 6. The molecule has 0 saturated carbocycles. The molecule has 34 heavy (non-hydrogen) atoms. The van der Waals surface area contributed by atoms with E-state index < -0.39 is 23.3 Å². The van der Waals surface area contributed by atoms with E-state index in [0.29, 0.717) is 30.3 Å². The molecule has 0 atom stereocenters. The summed E-state index contributed by atoms with van der Waals surface area (Å²) in [5, 5.41) is 3.57. The smallest absolute Gasteiger partial charge is 0.407 e. The van der Waals surface area contributed by atoms with Gasteiger partial charge in [0.05, 0.1) is 5.02 Å². The summed E-state index contributed by atoms with van der Waals surface area (Å²) in [5.74, 6) is -0.304. The number of carbonyl (C=O) groups excluding carboxylic acids is 2. The Balaban J connectivity index is 1.56. The monoisotopic (exact) mass is 485 g/mol. The summed E-state index contributed by atoms with van der Waals surface area (Å²) in [6, 6.07) is 13.9. The molecule has 3 rings (SSSR count). The van der Waals surface area contributed by atoms with E-state index in [9.17, 15) is 14.4 Å². The third kappa shape index (κ3) is 7.35. The zero-order valence-corrected chi connectivity index (χ0v) is 20.2. The molecular weight excluding hydrogens is 458 g/mol. The van der Waals surface area contributed by atoms with Crippen molar-refractivity contribution >= 4 is 34.6 Å². The SMILES string of the molecule is CC(C)(C)OC(=O)NCCCCCC(=O)Oc1cc2oc(=O)cc(-c3ccccc3)c2cc1Cl. The van der Waals surface area contributed by atoms with E-state index in [0.717, 1.165) is 12.0 Å². The first-order chi connectivity index (χ1) is 16.1. The summed E-state index contributed by atoms with van der Waals surface area (Å²) >= 11 is 6.38. The normalized spacial score (nSPS) is 11.3. The minimum absolute atomic E-state index is 0.138. The van der Waals surface area contributed by atoms with Crippen molar-refractivity contribution in [3.05, 3.63) is 64.0 Å². The number of amides is 1. The summed E-state index contributed by atoms with van der Waals surface area (Å²) in [5.41, 5.74) is 0.774. The number of unbranched alkanes of at least 4 members (excludes halogenated alkanes) is 2. The molecule has 0 bridgehead atoms. The third-order valence-electron chi connectivity index (χ3n) is 4.83. The van der Waals surface area contributed by atoms with E-state index in [1.807, 2.05) is 30.3 Å². The quantitative estimate of drug-likeness (QED) is 0.179. The van der Waals surface area contributed by atoms with Crippen LogP contribution >= 0.6 is 11.6 Å². The van der Waals surface area contributed by atoms with Crippen molar-refractivity contribution < 1.29 is 23.5 Å². The number of benzene rings is 2. The average Bonchev–Trinajstić information content (AvgIpc) is 2.76. The zero-order valence-electron chi connectivity index (χ0n) is 19.5. The lowest BCUT2D eigenvalue weighted by molar-refractivity contribution is -0.134. The Kier molecular flexibility index (Phi) is 8.34. The van der Waals surface area contributed by atoms with Crippen molar-refractivity contribution in [1.82, 2.24) is 5.32 Å². The highest BCUT2D eigenvalue weighted by Crippen LogP contribution is 2.35. The van der Waals surface area contributed by atoms with Gasteiger partial charge in [-0.2, -0.15) is 0 Å². The van der Waals surface area contributed by atoms with Gasteiger partial charge in [0.15, 0.2) is 5.75 Å². The van der Waals surface area contributed by atoms with Gasteiger partial charge in [-0.05, 0) is 50.8 Å². The Morgan fingerprint density at radius 3 is 2.47 bits per heavy atom. The maximum atomic E-state index is 12.3. The van der Waals surface area contributed by atoms with Crippen LogP contribution in [0.5, 0.6) is 5.75 Å². The minimum atomic E-state index is -0.538. The van der Waals surface area contributed by atoms with E-state index in [1.165, 1.54) is 12.1 Å². The summed E-state index contributed by atoms with van der Waals surface area (Å²) in [6.45, 7) is 5.87. The first-order valence-electron chi connectivity index (χ1n) is 11.1. The van der Waals surface area contributed by atoms with Crippen LogP contribution in [0, 0.1) is 0 Å². The van der Waals surface area contributed by atoms with Gasteiger partial charge in [0.2, 0.25) is 0 Å². The van der Waals surface area contributed by atoms with Crippen molar-refractivity contribution in [3.8, 4) is 16.9 Å². The topological polar surface area (TPSA) is 94.8 Å². The van der Waals surface area contributed by atoms with Gasteiger partial charge in [0.1, 0.15) is 11.2 Å². The fourth-order valence-electron chi connectivity index (χ4n) is 3.35. The first kappa shape index (κ1) is 25.3. The molecule has 0 unspecified atom stereocenters. The molecule has 1 amide bonds. The van der Waals surface area contributed by atoms with Gasteiger partial charge in [-0.1, -0.05) is 48.4 Å². The van der Waals surface area contributed by atoms with Gasteiger partial charge >= 0.3 is 17.7 Å². The van der Waals surface area contributed by atoms with Gasteiger partial charge in [-0.3, -0.25) is 4.79 Å². The molecule has 8 heteroatoms. The number of fused-ring (bicyclic) bond motifs is 1. The van der Waals surface area contributed by atoms with Gasteiger partial charge in [0.25, 0.3) is 0 Å². The lowest BCUT2D eigenvalue weighted by atomic mass is 10.0. The van der Waals surface area contributed by atoms with Crippen LogP contribution in [0.2, 0.25) is 5.02 Å². The van der Waals surface area contributed by atoms with E-state index in [2.05, 4.69) is 5.32 Å². The number of alkyl carbamates (subject to hydrolysis) is 1. The van der Waals surface area contributed by atoms with Crippen molar-refractivity contribution in [2.45, 2.75) is 52.1 Å². The van der Waals surface area contributed by atoms with E-state index in [-0.39, 0.29) is 22.8 Å². The Labute approximate surface area is 203 Å². The Hall–Kier alpha value is -3.32. The van der Waals surface area contributed by atoms with E-state index >= 15 is 0 Å². The molecule has 1 N–H and O–H groups in total. The number of hydrogen-bond donors (Lipinski definition) is 1. The highest BCUT2D eigenvalue weighted by molar-refractivity contribution is 6.33. The highest BCUT2D eigenvalue weighted by Gasteiger charge is 2.16. The summed E-state index contributed by atoms with van der Waals surface area (Å²) in [6.07, 6.45) is 1.75. The Bertz CT molecular complexity index is 1210. The second-order valence-electron chi connectivity index (χ2n) is 8.84. The second kappa shape index (κ2) is 11.2. The molecule has 0 fully saturated rings. The summed E-state index contributed by atoms with van der Waals surface area (Å²) in [4.78, 5) is 36.0. The van der Waals surface area contributed by atoms with Crippen molar-refractivity contribution in [2.75, 3.05) is 6.54 Å². The summed E-state index contributed by atoms with van der Waals surface area (Å²) in [7, 11) is 0. The average molecular weight is 486 g/mol. The number of halogens is 1. The Morgan fingerprint density at radius 1 is 1.03 bits per heavy atom. The molecule has 2 aromatic carbocycles. The molecule has 1 aromatic heterocycles. The molecule has 0 spiro atoms. The molecule has 0 saturated heterocycles. The zero-order chi connectivity index (χ0) is 24.7. The molecule has 0 aliphatic heterocycles. The van der Waals surface area contributed by atoms with Gasteiger partial charge in [-0.25, -0.2) is 9.59 Å². The van der Waals surface area contributed by atoms with Crippen LogP contribution in [-0.2, 0) is 9.53 Å². The predicted molar refractivity (Wildman–Crippen MR) is 131 cm³/mol. The van der Waals surface area contributed by atoms with Crippen LogP contribution in [0.1, 0.15) is 46.5 Å². The number of esters is 1. The molecule has 7 nitrogen and oxygen atoms in total. The molecule has 180 valence electrons. The maximum absolute atomic E-state index is 12.3. The van der Waals surface area contributed by atoms with Crippen LogP contribution in [0.25, 0.3) is 22.1 Å². The van der Waals surface area contributed by atoms with Crippen molar-refractivity contribution in [3.63, 3.8) is 0 Å². The number of nitrogens with one attached hydrogen (secondary N) is 1. The molecule has 3 aromatic rings. The maximum Gasteiger partial charge on any atom is 0.407 e. The van der Waals surface area contributed by atoms with Crippen LogP contribution < -0.4 is 15.7 Å². The fraction of sp³-hybridized carbons (Fsp3) is 0.346. The summed E-state index contributed by atoms with van der Waals surface area (Å²) < 4.78 is 15.9. The van der Waals surface area contributed by atoms with Crippen LogP contribution in [-0.4, -0.2) is 24.2 Å². The van der Waals surface area contributed by atoms with Gasteiger partial charge in [-0.15, -0.1) is 0 Å². The number of rotatable bonds is 8. The predicted octanol–water partition coefficient (Wildman–Crippen LogP) is 6.10. The van der Waals surface area contributed by atoms with E-state index in [4.69, 9.17) is 25.5 Å². The largest absolute Gasteiger partial charge is 0.444 e. The lowest BCUT2D eigenvalue weighted by Crippen LogP contribution is -2.33. The molecular formula is C26H28ClNO6. The standard InChI is InChI=1S/C26H28ClNO6/c1-26(2,3)34-25(31)28-13-9-5-8-12-23(29)33-22-16-21-19(14-20(22)27)18(15-24(30)32-21)17-10-6-4-7-11-17/h4,6-7,10-11,14-16H,5,8-9,12-13H2,1-3H3,(H,28,31). The molecule has 0 aliphatic carbocycles. The lowest BCUT2D eigenvalue weighted by Gasteiger charge is -2.19. The number of ether oxygens (including phenoxy) is 2. The highest BCUT2D eigenvalue weighted by atomic mass is 35.5. The number of carbonyl (C=O) groups is 2. The van der Waals surface area contributed by atoms with Crippen LogP contribution in [0.3, 0.4) is 0 Å².